The molecule has 10 atom stereocenters. The fraction of sp³-hybridized carbons (Fsp3) is 0.944. The van der Waals surface area contributed by atoms with Crippen LogP contribution in [0.25, 0.3) is 0 Å². The van der Waals surface area contributed by atoms with E-state index in [-0.39, 0.29) is 36.4 Å². The maximum Gasteiger partial charge on any atom is 0.319 e. The van der Waals surface area contributed by atoms with Gasteiger partial charge in [-0.2, -0.15) is 0 Å². The highest BCUT2D eigenvalue weighted by Crippen LogP contribution is 2.39. The molecule has 1 saturated carbocycles. The predicted octanol–water partition coefficient (Wildman–Crippen LogP) is 2.80. The first-order valence-corrected chi connectivity index (χ1v) is 18.0. The van der Waals surface area contributed by atoms with Gasteiger partial charge in [-0.25, -0.2) is 0 Å². The van der Waals surface area contributed by atoms with Gasteiger partial charge in [-0.3, -0.25) is 14.5 Å². The van der Waals surface area contributed by atoms with Crippen molar-refractivity contribution in [1.29, 1.82) is 0 Å². The number of hydrogen-bond donors (Lipinski definition) is 2. The van der Waals surface area contributed by atoms with Crippen LogP contribution in [0.1, 0.15) is 80.1 Å². The third-order valence-corrected chi connectivity index (χ3v) is 11.6. The average molecular weight is 668 g/mol. The molecule has 11 nitrogen and oxygen atoms in total. The van der Waals surface area contributed by atoms with Gasteiger partial charge in [0.05, 0.1) is 30.0 Å². The fourth-order valence-corrected chi connectivity index (χ4v) is 8.38. The van der Waals surface area contributed by atoms with Crippen LogP contribution in [0.5, 0.6) is 0 Å². The van der Waals surface area contributed by atoms with Gasteiger partial charge in [0.25, 0.3) is 0 Å². The molecule has 1 aliphatic carbocycles. The quantitative estimate of drug-likeness (QED) is 0.294. The number of aliphatic hydroxyl groups is 2. The molecule has 4 aliphatic rings. The van der Waals surface area contributed by atoms with E-state index in [0.717, 1.165) is 38.4 Å². The summed E-state index contributed by atoms with van der Waals surface area (Å²) in [5, 5.41) is 23.1. The molecule has 272 valence electrons. The molecule has 4 fully saturated rings. The summed E-state index contributed by atoms with van der Waals surface area (Å²) >= 11 is 0. The first-order chi connectivity index (χ1) is 22.0. The summed E-state index contributed by atoms with van der Waals surface area (Å²) in [6.45, 7) is 14.7. The van der Waals surface area contributed by atoms with E-state index in [1.54, 1.807) is 27.9 Å². The number of likely N-dealkylation sites (N-methyl/N-ethyl adjacent to an activating group) is 2. The first kappa shape index (κ1) is 38.6. The minimum absolute atomic E-state index is 0.00396. The Bertz CT molecular complexity index is 1050. The lowest BCUT2D eigenvalue weighted by Crippen LogP contribution is -2.59. The van der Waals surface area contributed by atoms with Crippen LogP contribution in [-0.2, 0) is 28.5 Å². The van der Waals surface area contributed by atoms with Crippen LogP contribution >= 0.6 is 0 Å². The SMILES string of the molecule is CO[C@]1(C)C[C@@H](C)CN(C)[C@H]([C@@H](O)C2CCN(CC3CC3)CC2)COC(=O)C(C)(C)C(=O)[C@H](C)[C@H]1O[C@@H]1O[C@H](C)C[C@H](N(C)C)[C@H]1O. The van der Waals surface area contributed by atoms with E-state index in [4.69, 9.17) is 18.9 Å². The number of cyclic esters (lactones) is 1. The normalized spacial score (nSPS) is 39.9. The van der Waals surface area contributed by atoms with Crippen molar-refractivity contribution in [3.05, 3.63) is 0 Å². The molecule has 3 aliphatic heterocycles. The van der Waals surface area contributed by atoms with E-state index in [9.17, 15) is 19.8 Å². The van der Waals surface area contributed by atoms with Gasteiger partial charge in [-0.1, -0.05) is 13.8 Å². The number of carbonyl (C=O) groups excluding carboxylic acids is 2. The standard InChI is InChI=1S/C36H65N3O8/c1-22-18-36(6,44-10)32(47-33-30(41)27(37(7)8)17-23(2)46-33)24(3)31(42)35(4,5)34(43)45-21-28(38(9)19-22)29(40)26-13-15-39(16-14-26)20-25-11-12-25/h22-30,32-33,40-41H,11-21H2,1-10H3/t22-,23-,24+,27+,28+,29+,30-,32-,33+,36-/m1/s1. The number of carbonyl (C=O) groups is 2. The summed E-state index contributed by atoms with van der Waals surface area (Å²) in [5.74, 6) is -0.744. The molecule has 0 spiro atoms. The Kier molecular flexibility index (Phi) is 13.0. The van der Waals surface area contributed by atoms with Gasteiger partial charge in [-0.05, 0) is 118 Å². The Balaban J connectivity index is 1.59. The molecule has 0 bridgehead atoms. The Hall–Kier alpha value is -1.18. The number of ether oxygens (including phenoxy) is 4. The Morgan fingerprint density at radius 1 is 1.06 bits per heavy atom. The van der Waals surface area contributed by atoms with E-state index in [2.05, 4.69) is 16.7 Å². The highest BCUT2D eigenvalue weighted by atomic mass is 16.7. The zero-order valence-corrected chi connectivity index (χ0v) is 30.8. The minimum atomic E-state index is -1.48. The summed E-state index contributed by atoms with van der Waals surface area (Å²) in [5.41, 5.74) is -2.45. The number of hydrogen-bond acceptors (Lipinski definition) is 11. The smallest absolute Gasteiger partial charge is 0.319 e. The minimum Gasteiger partial charge on any atom is -0.463 e. The second-order valence-electron chi connectivity index (χ2n) is 16.4. The summed E-state index contributed by atoms with van der Waals surface area (Å²) in [6, 6.07) is -0.604. The largest absolute Gasteiger partial charge is 0.463 e. The second-order valence-corrected chi connectivity index (χ2v) is 16.4. The number of esters is 1. The first-order valence-electron chi connectivity index (χ1n) is 18.0. The van der Waals surface area contributed by atoms with E-state index in [1.165, 1.54) is 12.8 Å². The van der Waals surface area contributed by atoms with Gasteiger partial charge in [0, 0.05) is 32.2 Å². The summed E-state index contributed by atoms with van der Waals surface area (Å²) < 4.78 is 24.9. The van der Waals surface area contributed by atoms with Crippen LogP contribution < -0.4 is 0 Å². The van der Waals surface area contributed by atoms with Crippen molar-refractivity contribution in [2.45, 2.75) is 128 Å². The Morgan fingerprint density at radius 2 is 1.70 bits per heavy atom. The van der Waals surface area contributed by atoms with Crippen molar-refractivity contribution >= 4 is 11.8 Å². The lowest BCUT2D eigenvalue weighted by Gasteiger charge is -2.47. The predicted molar refractivity (Wildman–Crippen MR) is 180 cm³/mol. The van der Waals surface area contributed by atoms with Crippen LogP contribution in [0.15, 0.2) is 0 Å². The molecule has 0 radical (unpaired) electrons. The zero-order chi connectivity index (χ0) is 34.8. The molecule has 0 aromatic heterocycles. The number of methoxy groups -OCH3 is 1. The Labute approximate surface area is 283 Å². The highest BCUT2D eigenvalue weighted by molar-refractivity contribution is 6.04. The molecular formula is C36H65N3O8. The Morgan fingerprint density at radius 3 is 2.28 bits per heavy atom. The third kappa shape index (κ3) is 9.14. The fourth-order valence-electron chi connectivity index (χ4n) is 8.38. The van der Waals surface area contributed by atoms with Gasteiger partial charge < -0.3 is 39.0 Å². The van der Waals surface area contributed by atoms with E-state index in [0.29, 0.717) is 19.4 Å². The van der Waals surface area contributed by atoms with E-state index < -0.39 is 53.5 Å². The van der Waals surface area contributed by atoms with Gasteiger partial charge >= 0.3 is 5.97 Å². The van der Waals surface area contributed by atoms with Crippen molar-refractivity contribution in [2.75, 3.05) is 61.0 Å². The number of aliphatic hydroxyl groups excluding tert-OH is 2. The molecule has 0 amide bonds. The summed E-state index contributed by atoms with van der Waals surface area (Å²) in [4.78, 5) is 34.6. The molecule has 0 aromatic carbocycles. The van der Waals surface area contributed by atoms with Crippen molar-refractivity contribution < 1.29 is 38.7 Å². The summed E-state index contributed by atoms with van der Waals surface area (Å²) in [6.07, 6.45) is 2.04. The summed E-state index contributed by atoms with van der Waals surface area (Å²) in [7, 11) is 7.43. The molecule has 0 aromatic rings. The number of likely N-dealkylation sites (tertiary alicyclic amines) is 1. The lowest BCUT2D eigenvalue weighted by molar-refractivity contribution is -0.295. The second kappa shape index (κ2) is 15.8. The van der Waals surface area contributed by atoms with Crippen LogP contribution in [0.4, 0.5) is 0 Å². The lowest BCUT2D eigenvalue weighted by atomic mass is 9.74. The number of Topliss-reactive ketones (excluding diaryl/α,β-unsaturated/α-hetero) is 1. The van der Waals surface area contributed by atoms with Gasteiger partial charge in [0.1, 0.15) is 18.1 Å². The molecule has 4 rings (SSSR count). The van der Waals surface area contributed by atoms with E-state index >= 15 is 0 Å². The van der Waals surface area contributed by atoms with Gasteiger partial charge in [0.2, 0.25) is 0 Å². The van der Waals surface area contributed by atoms with Crippen molar-refractivity contribution in [3.63, 3.8) is 0 Å². The molecule has 2 N–H and O–H groups in total. The maximum atomic E-state index is 14.3. The van der Waals surface area contributed by atoms with E-state index in [1.807, 2.05) is 39.9 Å². The number of rotatable bonds is 8. The number of nitrogens with zero attached hydrogens (tertiary/aromatic N) is 3. The van der Waals surface area contributed by atoms with Gasteiger partial charge in [-0.15, -0.1) is 0 Å². The number of piperidine rings is 1. The molecule has 47 heavy (non-hydrogen) atoms. The zero-order valence-electron chi connectivity index (χ0n) is 30.8. The van der Waals surface area contributed by atoms with Crippen LogP contribution in [0, 0.1) is 29.1 Å². The molecular weight excluding hydrogens is 602 g/mol. The van der Waals surface area contributed by atoms with Gasteiger partial charge in [0.15, 0.2) is 12.1 Å². The molecule has 3 saturated heterocycles. The maximum absolute atomic E-state index is 14.3. The van der Waals surface area contributed by atoms with Crippen LogP contribution in [-0.4, -0.2) is 146 Å². The van der Waals surface area contributed by atoms with Crippen molar-refractivity contribution in [2.24, 2.45) is 29.1 Å². The average Bonchev–Trinajstić information content (AvgIpc) is 3.83. The third-order valence-electron chi connectivity index (χ3n) is 11.6. The molecule has 11 heteroatoms. The van der Waals surface area contributed by atoms with Crippen LogP contribution in [0.2, 0.25) is 0 Å². The number of ketones is 1. The topological polar surface area (TPSA) is 121 Å². The van der Waals surface area contributed by atoms with Crippen LogP contribution in [0.3, 0.4) is 0 Å². The van der Waals surface area contributed by atoms with Crippen molar-refractivity contribution in [3.8, 4) is 0 Å². The highest BCUT2D eigenvalue weighted by Gasteiger charge is 2.52. The monoisotopic (exact) mass is 667 g/mol. The van der Waals surface area contributed by atoms with Crippen molar-refractivity contribution in [1.82, 2.24) is 14.7 Å². The molecule has 0 unspecified atom stereocenters. The molecule has 3 heterocycles.